The lowest BCUT2D eigenvalue weighted by molar-refractivity contribution is -0.159. The molecule has 0 fully saturated rings. The second-order valence-corrected chi connectivity index (χ2v) is 6.44. The van der Waals surface area contributed by atoms with E-state index in [1.54, 1.807) is 6.92 Å². The number of carbonyl (C=O) groups is 1. The molecule has 0 aromatic rings. The maximum Gasteiger partial charge on any atom is 0.337 e. The van der Waals surface area contributed by atoms with Crippen LogP contribution in [0.3, 0.4) is 0 Å². The van der Waals surface area contributed by atoms with Gasteiger partial charge in [-0.1, -0.05) is 84.0 Å². The van der Waals surface area contributed by atoms with Gasteiger partial charge < -0.3 is 14.9 Å². The van der Waals surface area contributed by atoms with E-state index in [0.29, 0.717) is 6.42 Å². The first-order valence-corrected chi connectivity index (χ1v) is 9.66. The van der Waals surface area contributed by atoms with Crippen molar-refractivity contribution >= 4 is 5.97 Å². The highest BCUT2D eigenvalue weighted by molar-refractivity contribution is 5.75. The maximum atomic E-state index is 11.3. The molecule has 0 aliphatic heterocycles. The van der Waals surface area contributed by atoms with Gasteiger partial charge in [0.25, 0.3) is 0 Å². The quantitative estimate of drug-likeness (QED) is 0.326. The summed E-state index contributed by atoms with van der Waals surface area (Å²) in [6.45, 7) is 4.15. The number of carbonyl (C=O) groups excluding carboxylic acids is 1. The number of unbranched alkanes of at least 4 members (excludes halogenated alkanes) is 11. The van der Waals surface area contributed by atoms with Gasteiger partial charge in [0.2, 0.25) is 0 Å². The first kappa shape index (κ1) is 22.4. The number of aliphatic hydroxyl groups excluding tert-OH is 2. The van der Waals surface area contributed by atoms with Crippen molar-refractivity contribution in [1.29, 1.82) is 0 Å². The van der Waals surface area contributed by atoms with Crippen molar-refractivity contribution in [1.82, 2.24) is 0 Å². The Labute approximate surface area is 142 Å². The summed E-state index contributed by atoms with van der Waals surface area (Å²) in [6.07, 6.45) is 13.1. The van der Waals surface area contributed by atoms with Gasteiger partial charge in [-0.15, -0.1) is 0 Å². The Morgan fingerprint density at radius 2 is 1.22 bits per heavy atom. The SMILES string of the molecule is CCCCCCCCCCCCCC[C@H](O)[C@@H](O)C(=O)OCC. The predicted molar refractivity (Wildman–Crippen MR) is 94.3 cm³/mol. The van der Waals surface area contributed by atoms with E-state index in [2.05, 4.69) is 11.7 Å². The van der Waals surface area contributed by atoms with E-state index in [9.17, 15) is 15.0 Å². The average Bonchev–Trinajstić information content (AvgIpc) is 2.55. The van der Waals surface area contributed by atoms with Gasteiger partial charge in [0.05, 0.1) is 12.7 Å². The third-order valence-corrected chi connectivity index (χ3v) is 4.25. The molecule has 0 aromatic heterocycles. The van der Waals surface area contributed by atoms with Gasteiger partial charge in [0.1, 0.15) is 0 Å². The van der Waals surface area contributed by atoms with Gasteiger partial charge in [-0.2, -0.15) is 0 Å². The Morgan fingerprint density at radius 3 is 1.65 bits per heavy atom. The molecule has 0 aliphatic carbocycles. The van der Waals surface area contributed by atoms with Gasteiger partial charge in [0, 0.05) is 0 Å². The van der Waals surface area contributed by atoms with Crippen molar-refractivity contribution in [3.63, 3.8) is 0 Å². The van der Waals surface area contributed by atoms with Crippen LogP contribution in [0.15, 0.2) is 0 Å². The average molecular weight is 331 g/mol. The summed E-state index contributed by atoms with van der Waals surface area (Å²) < 4.78 is 4.69. The third-order valence-electron chi connectivity index (χ3n) is 4.25. The second-order valence-electron chi connectivity index (χ2n) is 6.44. The van der Waals surface area contributed by atoms with Crippen LogP contribution in [-0.2, 0) is 9.53 Å². The highest BCUT2D eigenvalue weighted by Gasteiger charge is 2.24. The molecule has 0 saturated heterocycles. The zero-order valence-corrected chi connectivity index (χ0v) is 15.3. The Hall–Kier alpha value is -0.610. The summed E-state index contributed by atoms with van der Waals surface area (Å²) in [6, 6.07) is 0. The smallest absolute Gasteiger partial charge is 0.337 e. The van der Waals surface area contributed by atoms with Crippen molar-refractivity contribution in [2.24, 2.45) is 0 Å². The number of hydrogen-bond acceptors (Lipinski definition) is 4. The minimum atomic E-state index is -1.40. The largest absolute Gasteiger partial charge is 0.464 e. The topological polar surface area (TPSA) is 66.8 Å². The van der Waals surface area contributed by atoms with Gasteiger partial charge in [-0.3, -0.25) is 0 Å². The molecule has 0 aromatic carbocycles. The molecule has 0 rings (SSSR count). The van der Waals surface area contributed by atoms with Crippen LogP contribution >= 0.6 is 0 Å². The number of esters is 1. The zero-order chi connectivity index (χ0) is 17.3. The second kappa shape index (κ2) is 16.3. The lowest BCUT2D eigenvalue weighted by Gasteiger charge is -2.16. The Bertz CT molecular complexity index is 268. The molecule has 2 N–H and O–H groups in total. The minimum absolute atomic E-state index is 0.223. The van der Waals surface area contributed by atoms with Crippen molar-refractivity contribution in [2.45, 2.75) is 110 Å². The van der Waals surface area contributed by atoms with E-state index in [1.165, 1.54) is 57.8 Å². The predicted octanol–water partition coefficient (Wildman–Crippen LogP) is 4.36. The number of ether oxygens (including phenoxy) is 1. The lowest BCUT2D eigenvalue weighted by atomic mass is 10.0. The lowest BCUT2D eigenvalue weighted by Crippen LogP contribution is -2.35. The van der Waals surface area contributed by atoms with E-state index in [4.69, 9.17) is 0 Å². The summed E-state index contributed by atoms with van der Waals surface area (Å²) in [5.41, 5.74) is 0. The monoisotopic (exact) mass is 330 g/mol. The first-order valence-electron chi connectivity index (χ1n) is 9.66. The summed E-state index contributed by atoms with van der Waals surface area (Å²) in [5, 5.41) is 19.3. The standard InChI is InChI=1S/C19H38O4/c1-3-5-6-7-8-9-10-11-12-13-14-15-16-17(20)18(21)19(22)23-4-2/h17-18,20-21H,3-16H2,1-2H3/t17-,18+/m0/s1. The van der Waals surface area contributed by atoms with Crippen molar-refractivity contribution in [3.05, 3.63) is 0 Å². The summed E-state index contributed by atoms with van der Waals surface area (Å²) in [4.78, 5) is 11.3. The van der Waals surface area contributed by atoms with Crippen molar-refractivity contribution in [3.8, 4) is 0 Å². The molecule has 0 radical (unpaired) electrons. The highest BCUT2D eigenvalue weighted by atomic mass is 16.5. The zero-order valence-electron chi connectivity index (χ0n) is 15.3. The summed E-state index contributed by atoms with van der Waals surface area (Å²) >= 11 is 0. The van der Waals surface area contributed by atoms with Crippen LogP contribution in [0.4, 0.5) is 0 Å². The molecule has 0 heterocycles. The molecule has 0 spiro atoms. The van der Waals surface area contributed by atoms with E-state index < -0.39 is 18.2 Å². The molecule has 0 bridgehead atoms. The normalized spacial score (nSPS) is 13.7. The molecule has 0 saturated carbocycles. The van der Waals surface area contributed by atoms with E-state index in [0.717, 1.165) is 19.3 Å². The Balaban J connectivity index is 3.34. The summed E-state index contributed by atoms with van der Waals surface area (Å²) in [7, 11) is 0. The Kier molecular flexibility index (Phi) is 15.8. The van der Waals surface area contributed by atoms with Crippen LogP contribution in [0.5, 0.6) is 0 Å². The van der Waals surface area contributed by atoms with Gasteiger partial charge >= 0.3 is 5.97 Å². The van der Waals surface area contributed by atoms with Crippen LogP contribution in [0.1, 0.15) is 97.3 Å². The fourth-order valence-electron chi connectivity index (χ4n) is 2.74. The molecular formula is C19H38O4. The van der Waals surface area contributed by atoms with Gasteiger partial charge in [-0.25, -0.2) is 4.79 Å². The highest BCUT2D eigenvalue weighted by Crippen LogP contribution is 2.14. The minimum Gasteiger partial charge on any atom is -0.464 e. The number of rotatable bonds is 16. The molecule has 2 atom stereocenters. The van der Waals surface area contributed by atoms with E-state index >= 15 is 0 Å². The van der Waals surface area contributed by atoms with Gasteiger partial charge in [-0.05, 0) is 13.3 Å². The molecule has 23 heavy (non-hydrogen) atoms. The fraction of sp³-hybridized carbons (Fsp3) is 0.947. The van der Waals surface area contributed by atoms with Gasteiger partial charge in [0.15, 0.2) is 6.10 Å². The van der Waals surface area contributed by atoms with Crippen LogP contribution in [0, 0.1) is 0 Å². The van der Waals surface area contributed by atoms with E-state index in [-0.39, 0.29) is 6.61 Å². The van der Waals surface area contributed by atoms with Crippen LogP contribution in [0.25, 0.3) is 0 Å². The molecule has 0 aliphatic rings. The van der Waals surface area contributed by atoms with Crippen molar-refractivity contribution < 1.29 is 19.7 Å². The maximum absolute atomic E-state index is 11.3. The molecule has 0 amide bonds. The van der Waals surface area contributed by atoms with Crippen LogP contribution in [0.2, 0.25) is 0 Å². The first-order chi connectivity index (χ1) is 11.1. The number of aliphatic hydroxyl groups is 2. The molecule has 138 valence electrons. The summed E-state index contributed by atoms with van der Waals surface area (Å²) in [5.74, 6) is -0.723. The van der Waals surface area contributed by atoms with Crippen molar-refractivity contribution in [2.75, 3.05) is 6.61 Å². The molecule has 4 nitrogen and oxygen atoms in total. The number of hydrogen-bond donors (Lipinski definition) is 2. The fourth-order valence-corrected chi connectivity index (χ4v) is 2.74. The molecule has 4 heteroatoms. The molecule has 0 unspecified atom stereocenters. The van der Waals surface area contributed by atoms with Crippen LogP contribution in [-0.4, -0.2) is 35.0 Å². The Morgan fingerprint density at radius 1 is 0.783 bits per heavy atom. The van der Waals surface area contributed by atoms with Crippen LogP contribution < -0.4 is 0 Å². The van der Waals surface area contributed by atoms with E-state index in [1.807, 2.05) is 0 Å². The third kappa shape index (κ3) is 13.5. The molecular weight excluding hydrogens is 292 g/mol.